The molecule has 1 saturated carbocycles. The highest BCUT2D eigenvalue weighted by molar-refractivity contribution is 6.34. The Morgan fingerprint density at radius 1 is 1.24 bits per heavy atom. The van der Waals surface area contributed by atoms with Gasteiger partial charge >= 0.3 is 6.18 Å². The van der Waals surface area contributed by atoms with Gasteiger partial charge in [0.1, 0.15) is 11.9 Å². The number of aromatic nitrogens is 1. The van der Waals surface area contributed by atoms with Crippen LogP contribution in [0.1, 0.15) is 52.9 Å². The Hall–Kier alpha value is -2.19. The van der Waals surface area contributed by atoms with Gasteiger partial charge in [0, 0.05) is 12.7 Å². The quantitative estimate of drug-likeness (QED) is 0.686. The minimum absolute atomic E-state index is 0.0510. The predicted molar refractivity (Wildman–Crippen MR) is 99.1 cm³/mol. The second-order valence-electron chi connectivity index (χ2n) is 7.06. The first kappa shape index (κ1) is 21.5. The minimum Gasteiger partial charge on any atom is -0.385 e. The molecule has 1 aliphatic rings. The number of rotatable bonds is 4. The predicted octanol–water partition coefficient (Wildman–Crippen LogP) is 4.78. The van der Waals surface area contributed by atoms with Gasteiger partial charge in [-0.1, -0.05) is 35.9 Å². The molecule has 1 heterocycles. The van der Waals surface area contributed by atoms with Crippen LogP contribution in [0.2, 0.25) is 5.02 Å². The first-order valence-corrected chi connectivity index (χ1v) is 9.44. The molecule has 1 aliphatic carbocycles. The van der Waals surface area contributed by atoms with Gasteiger partial charge in [-0.15, -0.1) is 0 Å². The summed E-state index contributed by atoms with van der Waals surface area (Å²) in [7, 11) is 0. The van der Waals surface area contributed by atoms with Gasteiger partial charge in [-0.05, 0) is 42.9 Å². The smallest absolute Gasteiger partial charge is 0.385 e. The van der Waals surface area contributed by atoms with Crippen LogP contribution in [0.5, 0.6) is 0 Å². The van der Waals surface area contributed by atoms with E-state index >= 15 is 0 Å². The average molecular weight is 431 g/mol. The lowest BCUT2D eigenvalue weighted by atomic mass is 9.77. The Kier molecular flexibility index (Phi) is 6.14. The summed E-state index contributed by atoms with van der Waals surface area (Å²) >= 11 is 5.74. The summed E-state index contributed by atoms with van der Waals surface area (Å²) in [6.45, 7) is -0.0510. The van der Waals surface area contributed by atoms with Crippen molar-refractivity contribution in [2.75, 3.05) is 0 Å². The van der Waals surface area contributed by atoms with Crippen molar-refractivity contribution in [3.05, 3.63) is 63.9 Å². The van der Waals surface area contributed by atoms with Crippen LogP contribution < -0.4 is 5.32 Å². The summed E-state index contributed by atoms with van der Waals surface area (Å²) < 4.78 is 52.4. The zero-order valence-electron chi connectivity index (χ0n) is 15.3. The normalized spacial score (nSPS) is 22.3. The molecule has 1 aromatic heterocycles. The molecule has 0 spiro atoms. The van der Waals surface area contributed by atoms with Gasteiger partial charge in [-0.3, -0.25) is 4.79 Å². The number of benzene rings is 1. The van der Waals surface area contributed by atoms with Crippen LogP contribution >= 0.6 is 11.6 Å². The van der Waals surface area contributed by atoms with E-state index in [1.807, 2.05) is 0 Å². The van der Waals surface area contributed by atoms with E-state index in [1.54, 1.807) is 24.3 Å². The number of aliphatic hydroxyl groups is 1. The summed E-state index contributed by atoms with van der Waals surface area (Å²) in [4.78, 5) is 16.1. The maximum absolute atomic E-state index is 13.5. The molecule has 2 N–H and O–H groups in total. The molecule has 2 aromatic rings. The largest absolute Gasteiger partial charge is 0.417 e. The molecule has 3 rings (SSSR count). The van der Waals surface area contributed by atoms with E-state index in [1.165, 1.54) is 0 Å². The van der Waals surface area contributed by atoms with E-state index in [4.69, 9.17) is 11.6 Å². The number of amides is 1. The second-order valence-corrected chi connectivity index (χ2v) is 7.44. The Labute approximate surface area is 169 Å². The number of alkyl halides is 4. The molecule has 1 aromatic carbocycles. The van der Waals surface area contributed by atoms with Gasteiger partial charge in [-0.2, -0.15) is 13.2 Å². The molecule has 1 fully saturated rings. The summed E-state index contributed by atoms with van der Waals surface area (Å²) in [5.74, 6) is -0.865. The summed E-state index contributed by atoms with van der Waals surface area (Å²) in [5.41, 5.74) is -1.73. The number of pyridine rings is 1. The van der Waals surface area contributed by atoms with Gasteiger partial charge in [0.15, 0.2) is 0 Å². The van der Waals surface area contributed by atoms with Crippen LogP contribution in [0.4, 0.5) is 17.6 Å². The van der Waals surface area contributed by atoms with E-state index in [2.05, 4.69) is 10.3 Å². The molecule has 9 heteroatoms. The van der Waals surface area contributed by atoms with Gasteiger partial charge in [0.25, 0.3) is 5.91 Å². The Balaban J connectivity index is 1.79. The third-order valence-corrected chi connectivity index (χ3v) is 5.49. The first-order chi connectivity index (χ1) is 13.6. The van der Waals surface area contributed by atoms with Gasteiger partial charge in [0.05, 0.1) is 16.2 Å². The van der Waals surface area contributed by atoms with Crippen LogP contribution in [0, 0.1) is 0 Å². The van der Waals surface area contributed by atoms with E-state index < -0.39 is 40.1 Å². The monoisotopic (exact) mass is 430 g/mol. The standard InChI is InChI=1S/C20H19ClF4N2O2/c21-16-15(20(23,24)25)7-10-26-17(16)18(28)27-11-12-3-1-2-4-14(12)19(29)8-5-13(22)6-9-19/h1-4,7,10,13,29H,5-6,8-9,11H2,(H,27,28). The highest BCUT2D eigenvalue weighted by Crippen LogP contribution is 2.39. The second kappa shape index (κ2) is 8.28. The average Bonchev–Trinajstić information content (AvgIpc) is 2.68. The van der Waals surface area contributed by atoms with Crippen molar-refractivity contribution in [3.63, 3.8) is 0 Å². The lowest BCUT2D eigenvalue weighted by Gasteiger charge is -2.35. The highest BCUT2D eigenvalue weighted by Gasteiger charge is 2.37. The molecule has 29 heavy (non-hydrogen) atoms. The molecule has 1 amide bonds. The van der Waals surface area contributed by atoms with Crippen molar-refractivity contribution < 1.29 is 27.5 Å². The van der Waals surface area contributed by atoms with Gasteiger partial charge in [-0.25, -0.2) is 9.37 Å². The molecule has 156 valence electrons. The number of nitrogens with one attached hydrogen (secondary N) is 1. The van der Waals surface area contributed by atoms with Crippen LogP contribution in [0.3, 0.4) is 0 Å². The van der Waals surface area contributed by atoms with Crippen molar-refractivity contribution in [3.8, 4) is 0 Å². The number of hydrogen-bond donors (Lipinski definition) is 2. The molecule has 0 atom stereocenters. The van der Waals surface area contributed by atoms with Crippen molar-refractivity contribution >= 4 is 17.5 Å². The molecule has 0 radical (unpaired) electrons. The number of carbonyl (C=O) groups is 1. The number of hydrogen-bond acceptors (Lipinski definition) is 3. The number of halogens is 5. The molecule has 0 bridgehead atoms. The topological polar surface area (TPSA) is 62.2 Å². The Bertz CT molecular complexity index is 896. The van der Waals surface area contributed by atoms with Gasteiger partial charge in [0.2, 0.25) is 0 Å². The molecule has 0 aliphatic heterocycles. The molecule has 0 saturated heterocycles. The van der Waals surface area contributed by atoms with Crippen molar-refractivity contribution in [1.29, 1.82) is 0 Å². The lowest BCUT2D eigenvalue weighted by molar-refractivity contribution is -0.137. The molecular weight excluding hydrogens is 412 g/mol. The maximum atomic E-state index is 13.5. The Morgan fingerprint density at radius 3 is 2.55 bits per heavy atom. The van der Waals surface area contributed by atoms with Crippen LogP contribution in [-0.2, 0) is 18.3 Å². The highest BCUT2D eigenvalue weighted by atomic mass is 35.5. The third-order valence-electron chi connectivity index (χ3n) is 5.11. The maximum Gasteiger partial charge on any atom is 0.417 e. The lowest BCUT2D eigenvalue weighted by Crippen LogP contribution is -2.34. The van der Waals surface area contributed by atoms with Crippen molar-refractivity contribution in [2.45, 2.75) is 50.2 Å². The van der Waals surface area contributed by atoms with Crippen molar-refractivity contribution in [2.24, 2.45) is 0 Å². The molecule has 0 unspecified atom stereocenters. The molecular formula is C20H19ClF4N2O2. The van der Waals surface area contributed by atoms with E-state index in [9.17, 15) is 27.5 Å². The van der Waals surface area contributed by atoms with Crippen LogP contribution in [0.15, 0.2) is 36.5 Å². The zero-order chi connectivity index (χ0) is 21.2. The zero-order valence-corrected chi connectivity index (χ0v) is 16.0. The minimum atomic E-state index is -4.71. The summed E-state index contributed by atoms with van der Waals surface area (Å²) in [6.07, 6.45) is -3.81. The number of carbonyl (C=O) groups excluding carboxylic acids is 1. The Morgan fingerprint density at radius 2 is 1.90 bits per heavy atom. The fourth-order valence-electron chi connectivity index (χ4n) is 3.54. The van der Waals surface area contributed by atoms with Crippen LogP contribution in [-0.4, -0.2) is 22.2 Å². The summed E-state index contributed by atoms with van der Waals surface area (Å²) in [6, 6.07) is 7.53. The van der Waals surface area contributed by atoms with Crippen molar-refractivity contribution in [1.82, 2.24) is 10.3 Å². The van der Waals surface area contributed by atoms with E-state index in [0.717, 1.165) is 6.20 Å². The molecule has 4 nitrogen and oxygen atoms in total. The summed E-state index contributed by atoms with van der Waals surface area (Å²) in [5, 5.41) is 12.7. The number of nitrogens with zero attached hydrogens (tertiary/aromatic N) is 1. The first-order valence-electron chi connectivity index (χ1n) is 9.06. The van der Waals surface area contributed by atoms with E-state index in [0.29, 0.717) is 17.2 Å². The fraction of sp³-hybridized carbons (Fsp3) is 0.400. The van der Waals surface area contributed by atoms with Crippen LogP contribution in [0.25, 0.3) is 0 Å². The third kappa shape index (κ3) is 4.70. The SMILES string of the molecule is O=C(NCc1ccccc1C1(O)CCC(F)CC1)c1nccc(C(F)(F)F)c1Cl. The van der Waals surface area contributed by atoms with E-state index in [-0.39, 0.29) is 32.2 Å². The fourth-order valence-corrected chi connectivity index (χ4v) is 3.84. The van der Waals surface area contributed by atoms with Gasteiger partial charge < -0.3 is 10.4 Å².